The van der Waals surface area contributed by atoms with Gasteiger partial charge in [-0.3, -0.25) is 9.59 Å². The molecule has 2 aromatic carbocycles. The van der Waals surface area contributed by atoms with Crippen LogP contribution in [-0.4, -0.2) is 27.0 Å². The Morgan fingerprint density at radius 3 is 2.68 bits per heavy atom. The van der Waals surface area contributed by atoms with Gasteiger partial charge >= 0.3 is 0 Å². The first kappa shape index (κ1) is 21.8. The summed E-state index contributed by atoms with van der Waals surface area (Å²) in [6, 6.07) is 15.1. The van der Waals surface area contributed by atoms with Gasteiger partial charge < -0.3 is 19.4 Å². The van der Waals surface area contributed by atoms with Crippen molar-refractivity contribution in [3.63, 3.8) is 0 Å². The predicted octanol–water partition coefficient (Wildman–Crippen LogP) is 3.63. The standard InChI is InChI=1S/C26H26N4O4/c1-17-21-15-28-30(20-7-4-3-5-8-20)26(32)25(21)18(2)29(17)12-6-9-24(31)27-14-19-10-11-22-23(13-19)34-16-33-22/h3-5,7-8,10-11,13,15H,6,9,12,14,16H2,1-2H3,(H,27,31). The van der Waals surface area contributed by atoms with Crippen LogP contribution in [0.2, 0.25) is 0 Å². The van der Waals surface area contributed by atoms with Crippen molar-refractivity contribution in [1.29, 1.82) is 0 Å². The predicted molar refractivity (Wildman–Crippen MR) is 128 cm³/mol. The van der Waals surface area contributed by atoms with Crippen molar-refractivity contribution in [3.05, 3.63) is 82.0 Å². The second-order valence-corrected chi connectivity index (χ2v) is 8.38. The molecule has 0 saturated carbocycles. The van der Waals surface area contributed by atoms with Crippen LogP contribution in [0.1, 0.15) is 29.8 Å². The molecule has 0 unspecified atom stereocenters. The summed E-state index contributed by atoms with van der Waals surface area (Å²) in [5, 5.41) is 8.86. The number of para-hydroxylation sites is 1. The molecule has 5 rings (SSSR count). The number of carbonyl (C=O) groups is 1. The van der Waals surface area contributed by atoms with Gasteiger partial charge in [-0.25, -0.2) is 0 Å². The number of rotatable bonds is 7. The van der Waals surface area contributed by atoms with Crippen LogP contribution in [0, 0.1) is 13.8 Å². The maximum absolute atomic E-state index is 13.2. The van der Waals surface area contributed by atoms with Crippen LogP contribution in [0.15, 0.2) is 59.5 Å². The molecular formula is C26H26N4O4. The molecule has 0 spiro atoms. The number of ether oxygens (including phenoxy) is 2. The van der Waals surface area contributed by atoms with Crippen molar-refractivity contribution in [2.75, 3.05) is 6.79 Å². The lowest BCUT2D eigenvalue weighted by atomic mass is 10.2. The van der Waals surface area contributed by atoms with Gasteiger partial charge in [0, 0.05) is 36.3 Å². The Labute approximate surface area is 196 Å². The Morgan fingerprint density at radius 1 is 1.06 bits per heavy atom. The van der Waals surface area contributed by atoms with Crippen molar-refractivity contribution in [2.45, 2.75) is 39.8 Å². The first-order valence-electron chi connectivity index (χ1n) is 11.3. The van der Waals surface area contributed by atoms with Gasteiger partial charge in [0.05, 0.1) is 17.3 Å². The fourth-order valence-corrected chi connectivity index (χ4v) is 4.44. The Bertz CT molecular complexity index is 1420. The number of aromatic nitrogens is 3. The number of fused-ring (bicyclic) bond motifs is 2. The topological polar surface area (TPSA) is 87.4 Å². The molecular weight excluding hydrogens is 432 g/mol. The molecule has 1 aliphatic heterocycles. The molecule has 8 nitrogen and oxygen atoms in total. The number of hydrogen-bond acceptors (Lipinski definition) is 5. The molecule has 1 N–H and O–H groups in total. The van der Waals surface area contributed by atoms with Crippen LogP contribution in [-0.2, 0) is 17.9 Å². The number of aryl methyl sites for hydroxylation is 2. The molecule has 0 atom stereocenters. The van der Waals surface area contributed by atoms with E-state index in [0.717, 1.165) is 33.8 Å². The van der Waals surface area contributed by atoms with Crippen LogP contribution in [0.5, 0.6) is 11.5 Å². The number of hydrogen-bond donors (Lipinski definition) is 1. The van der Waals surface area contributed by atoms with E-state index in [2.05, 4.69) is 15.0 Å². The Balaban J connectivity index is 1.24. The normalized spacial score (nSPS) is 12.3. The lowest BCUT2D eigenvalue weighted by Crippen LogP contribution is -2.23. The number of benzene rings is 2. The van der Waals surface area contributed by atoms with E-state index in [-0.39, 0.29) is 18.3 Å². The van der Waals surface area contributed by atoms with Gasteiger partial charge in [0.1, 0.15) is 0 Å². The summed E-state index contributed by atoms with van der Waals surface area (Å²) in [6.07, 6.45) is 2.81. The number of nitrogens with one attached hydrogen (secondary N) is 1. The highest BCUT2D eigenvalue weighted by Crippen LogP contribution is 2.32. The Morgan fingerprint density at radius 2 is 1.85 bits per heavy atom. The average molecular weight is 459 g/mol. The van der Waals surface area contributed by atoms with Gasteiger partial charge in [0.15, 0.2) is 11.5 Å². The maximum Gasteiger partial charge on any atom is 0.281 e. The van der Waals surface area contributed by atoms with E-state index in [1.807, 2.05) is 62.4 Å². The SMILES string of the molecule is Cc1c2cnn(-c3ccccc3)c(=O)c2c(C)n1CCCC(=O)NCc1ccc2c(c1)OCO2. The highest BCUT2D eigenvalue weighted by molar-refractivity contribution is 5.87. The van der Waals surface area contributed by atoms with E-state index in [4.69, 9.17) is 9.47 Å². The smallest absolute Gasteiger partial charge is 0.281 e. The van der Waals surface area contributed by atoms with Gasteiger partial charge in [-0.15, -0.1) is 0 Å². The van der Waals surface area contributed by atoms with Gasteiger partial charge in [-0.2, -0.15) is 9.78 Å². The van der Waals surface area contributed by atoms with E-state index in [0.29, 0.717) is 37.1 Å². The minimum Gasteiger partial charge on any atom is -0.454 e. The molecule has 1 aliphatic rings. The highest BCUT2D eigenvalue weighted by Gasteiger charge is 2.17. The first-order chi connectivity index (χ1) is 16.5. The van der Waals surface area contributed by atoms with Crippen molar-refractivity contribution in [3.8, 4) is 17.2 Å². The first-order valence-corrected chi connectivity index (χ1v) is 11.3. The van der Waals surface area contributed by atoms with Crippen LogP contribution in [0.4, 0.5) is 0 Å². The monoisotopic (exact) mass is 458 g/mol. The second-order valence-electron chi connectivity index (χ2n) is 8.38. The zero-order chi connectivity index (χ0) is 23.7. The van der Waals surface area contributed by atoms with Crippen LogP contribution in [0.25, 0.3) is 16.5 Å². The molecule has 1 amide bonds. The third-order valence-electron chi connectivity index (χ3n) is 6.25. The molecule has 0 fully saturated rings. The van der Waals surface area contributed by atoms with Crippen molar-refractivity contribution in [2.24, 2.45) is 0 Å². The molecule has 0 radical (unpaired) electrons. The second kappa shape index (κ2) is 9.05. The Kier molecular flexibility index (Phi) is 5.79. The number of nitrogens with zero attached hydrogens (tertiary/aromatic N) is 3. The summed E-state index contributed by atoms with van der Waals surface area (Å²) in [4.78, 5) is 25.6. The van der Waals surface area contributed by atoms with E-state index >= 15 is 0 Å². The van der Waals surface area contributed by atoms with Gasteiger partial charge in [-0.1, -0.05) is 24.3 Å². The summed E-state index contributed by atoms with van der Waals surface area (Å²) in [5.74, 6) is 1.42. The number of carbonyl (C=O) groups excluding carboxylic acids is 1. The van der Waals surface area contributed by atoms with E-state index < -0.39 is 0 Å². The van der Waals surface area contributed by atoms with E-state index in [9.17, 15) is 9.59 Å². The molecule has 0 saturated heterocycles. The lowest BCUT2D eigenvalue weighted by Gasteiger charge is -2.10. The third-order valence-corrected chi connectivity index (χ3v) is 6.25. The van der Waals surface area contributed by atoms with Gasteiger partial charge in [0.2, 0.25) is 12.7 Å². The molecule has 8 heteroatoms. The highest BCUT2D eigenvalue weighted by atomic mass is 16.7. The quantitative estimate of drug-likeness (QED) is 0.457. The van der Waals surface area contributed by atoms with Crippen molar-refractivity contribution >= 4 is 16.7 Å². The molecule has 0 aliphatic carbocycles. The van der Waals surface area contributed by atoms with E-state index in [1.165, 1.54) is 4.68 Å². The molecule has 34 heavy (non-hydrogen) atoms. The molecule has 4 aromatic rings. The van der Waals surface area contributed by atoms with Gasteiger partial charge in [0.25, 0.3) is 5.56 Å². The van der Waals surface area contributed by atoms with E-state index in [1.54, 1.807) is 6.20 Å². The fraction of sp³-hybridized carbons (Fsp3) is 0.269. The summed E-state index contributed by atoms with van der Waals surface area (Å²) < 4.78 is 14.2. The summed E-state index contributed by atoms with van der Waals surface area (Å²) in [6.45, 7) is 5.25. The van der Waals surface area contributed by atoms with Gasteiger partial charge in [-0.05, 0) is 50.1 Å². The molecule has 2 aromatic heterocycles. The maximum atomic E-state index is 13.2. The Hall–Kier alpha value is -4.07. The third kappa shape index (κ3) is 4.03. The largest absolute Gasteiger partial charge is 0.454 e. The average Bonchev–Trinajstić information content (AvgIpc) is 3.41. The van der Waals surface area contributed by atoms with Crippen molar-refractivity contribution in [1.82, 2.24) is 19.7 Å². The number of amides is 1. The lowest BCUT2D eigenvalue weighted by molar-refractivity contribution is -0.121. The summed E-state index contributed by atoms with van der Waals surface area (Å²) in [5.41, 5.74) is 3.44. The van der Waals surface area contributed by atoms with Crippen LogP contribution < -0.4 is 20.3 Å². The summed E-state index contributed by atoms with van der Waals surface area (Å²) >= 11 is 0. The zero-order valence-corrected chi connectivity index (χ0v) is 19.2. The minimum atomic E-state index is -0.135. The minimum absolute atomic E-state index is 0.0159. The fourth-order valence-electron chi connectivity index (χ4n) is 4.44. The molecule has 3 heterocycles. The molecule has 0 bridgehead atoms. The van der Waals surface area contributed by atoms with Crippen molar-refractivity contribution < 1.29 is 14.3 Å². The van der Waals surface area contributed by atoms with Crippen LogP contribution in [0.3, 0.4) is 0 Å². The molecule has 174 valence electrons. The zero-order valence-electron chi connectivity index (χ0n) is 19.2. The summed E-state index contributed by atoms with van der Waals surface area (Å²) in [7, 11) is 0. The van der Waals surface area contributed by atoms with Crippen LogP contribution >= 0.6 is 0 Å².